The summed E-state index contributed by atoms with van der Waals surface area (Å²) in [6, 6.07) is 11.0. The Morgan fingerprint density at radius 2 is 2.00 bits per heavy atom. The van der Waals surface area contributed by atoms with Crippen molar-refractivity contribution in [3.05, 3.63) is 68.1 Å². The SMILES string of the molecule is O=Nc1c(O)n(Cc2ccccc2[N+](=O)[O-])c2ccc(Cl)cc12. The fourth-order valence-corrected chi connectivity index (χ4v) is 2.71. The molecule has 1 aromatic heterocycles. The van der Waals surface area contributed by atoms with Crippen LogP contribution in [0.5, 0.6) is 5.88 Å². The summed E-state index contributed by atoms with van der Waals surface area (Å²) < 4.78 is 1.39. The molecule has 0 saturated carbocycles. The van der Waals surface area contributed by atoms with Gasteiger partial charge < -0.3 is 9.67 Å². The Labute approximate surface area is 134 Å². The van der Waals surface area contributed by atoms with Crippen molar-refractivity contribution in [1.29, 1.82) is 0 Å². The fourth-order valence-electron chi connectivity index (χ4n) is 2.54. The molecule has 0 aliphatic rings. The van der Waals surface area contributed by atoms with Crippen LogP contribution in [-0.2, 0) is 6.54 Å². The zero-order chi connectivity index (χ0) is 16.6. The van der Waals surface area contributed by atoms with Gasteiger partial charge >= 0.3 is 0 Å². The number of aromatic hydroxyl groups is 1. The van der Waals surface area contributed by atoms with Gasteiger partial charge in [-0.2, -0.15) is 0 Å². The third kappa shape index (κ3) is 2.51. The van der Waals surface area contributed by atoms with Gasteiger partial charge in [-0.3, -0.25) is 10.1 Å². The summed E-state index contributed by atoms with van der Waals surface area (Å²) in [4.78, 5) is 21.6. The lowest BCUT2D eigenvalue weighted by Gasteiger charge is -2.07. The Bertz CT molecular complexity index is 936. The van der Waals surface area contributed by atoms with Crippen molar-refractivity contribution in [3.63, 3.8) is 0 Å². The average molecular weight is 332 g/mol. The monoisotopic (exact) mass is 331 g/mol. The van der Waals surface area contributed by atoms with Gasteiger partial charge in [-0.05, 0) is 23.4 Å². The first kappa shape index (κ1) is 15.0. The normalized spacial score (nSPS) is 10.8. The van der Waals surface area contributed by atoms with Crippen molar-refractivity contribution in [2.24, 2.45) is 5.18 Å². The molecule has 0 radical (unpaired) electrons. The van der Waals surface area contributed by atoms with Crippen LogP contribution in [0.3, 0.4) is 0 Å². The smallest absolute Gasteiger partial charge is 0.274 e. The van der Waals surface area contributed by atoms with Crippen molar-refractivity contribution in [2.45, 2.75) is 6.54 Å². The molecule has 0 bridgehead atoms. The summed E-state index contributed by atoms with van der Waals surface area (Å²) in [7, 11) is 0. The largest absolute Gasteiger partial charge is 0.493 e. The molecule has 0 unspecified atom stereocenters. The third-order valence-electron chi connectivity index (χ3n) is 3.58. The van der Waals surface area contributed by atoms with Crippen LogP contribution in [0.15, 0.2) is 47.6 Å². The molecule has 3 rings (SSSR count). The van der Waals surface area contributed by atoms with Crippen LogP contribution >= 0.6 is 11.6 Å². The zero-order valence-electron chi connectivity index (χ0n) is 11.6. The molecule has 0 fully saturated rings. The molecule has 1 N–H and O–H groups in total. The van der Waals surface area contributed by atoms with Crippen molar-refractivity contribution in [2.75, 3.05) is 0 Å². The first-order chi connectivity index (χ1) is 11.0. The molecule has 0 aliphatic heterocycles. The van der Waals surface area contributed by atoms with E-state index >= 15 is 0 Å². The van der Waals surface area contributed by atoms with E-state index in [0.29, 0.717) is 21.5 Å². The number of fused-ring (bicyclic) bond motifs is 1. The second-order valence-electron chi connectivity index (χ2n) is 4.90. The van der Waals surface area contributed by atoms with Gasteiger partial charge in [0.1, 0.15) is 0 Å². The number of nitroso groups, excluding NO2 is 1. The standard InChI is InChI=1S/C15H10ClN3O4/c16-10-5-6-13-11(7-10)14(17-21)15(20)18(13)8-9-3-1-2-4-12(9)19(22)23/h1-7,20H,8H2. The van der Waals surface area contributed by atoms with E-state index in [4.69, 9.17) is 11.6 Å². The number of halogens is 1. The maximum atomic E-state index is 11.1. The third-order valence-corrected chi connectivity index (χ3v) is 3.82. The Kier molecular flexibility index (Phi) is 3.71. The molecule has 116 valence electrons. The molecule has 23 heavy (non-hydrogen) atoms. The van der Waals surface area contributed by atoms with E-state index in [1.54, 1.807) is 30.3 Å². The maximum Gasteiger partial charge on any atom is 0.274 e. The molecule has 0 aliphatic carbocycles. The lowest BCUT2D eigenvalue weighted by atomic mass is 10.2. The summed E-state index contributed by atoms with van der Waals surface area (Å²) in [5.41, 5.74) is 0.709. The molecular weight excluding hydrogens is 322 g/mol. The molecule has 0 amide bonds. The Balaban J connectivity index is 2.20. The molecule has 0 spiro atoms. The lowest BCUT2D eigenvalue weighted by Crippen LogP contribution is -2.02. The fraction of sp³-hybridized carbons (Fsp3) is 0.0667. The van der Waals surface area contributed by atoms with E-state index in [0.717, 1.165) is 0 Å². The number of rotatable bonds is 4. The van der Waals surface area contributed by atoms with E-state index in [9.17, 15) is 20.1 Å². The highest BCUT2D eigenvalue weighted by Gasteiger charge is 2.20. The Hall–Kier alpha value is -2.93. The topological polar surface area (TPSA) is 97.7 Å². The van der Waals surface area contributed by atoms with Crippen molar-refractivity contribution in [3.8, 4) is 5.88 Å². The lowest BCUT2D eigenvalue weighted by molar-refractivity contribution is -0.385. The first-order valence-electron chi connectivity index (χ1n) is 6.59. The number of para-hydroxylation sites is 1. The van der Waals surface area contributed by atoms with Crippen molar-refractivity contribution >= 4 is 33.9 Å². The quantitative estimate of drug-likeness (QED) is 0.436. The van der Waals surface area contributed by atoms with Gasteiger partial charge in [-0.1, -0.05) is 29.8 Å². The molecule has 2 aromatic carbocycles. The van der Waals surface area contributed by atoms with Crippen LogP contribution in [0.4, 0.5) is 11.4 Å². The number of nitro benzene ring substituents is 1. The average Bonchev–Trinajstić information content (AvgIpc) is 2.78. The van der Waals surface area contributed by atoms with Crippen LogP contribution in [0, 0.1) is 15.0 Å². The summed E-state index contributed by atoms with van der Waals surface area (Å²) >= 11 is 5.91. The van der Waals surface area contributed by atoms with Gasteiger partial charge in [0.15, 0.2) is 5.69 Å². The van der Waals surface area contributed by atoms with Crippen LogP contribution in [0.1, 0.15) is 5.56 Å². The summed E-state index contributed by atoms with van der Waals surface area (Å²) in [6.07, 6.45) is 0. The predicted octanol–water partition coefficient (Wildman–Crippen LogP) is 4.35. The predicted molar refractivity (Wildman–Crippen MR) is 86.3 cm³/mol. The molecule has 8 heteroatoms. The maximum absolute atomic E-state index is 11.1. The number of benzene rings is 2. The van der Waals surface area contributed by atoms with E-state index < -0.39 is 4.92 Å². The van der Waals surface area contributed by atoms with Crippen LogP contribution < -0.4 is 0 Å². The van der Waals surface area contributed by atoms with Gasteiger partial charge in [0, 0.05) is 22.0 Å². The molecule has 0 saturated heterocycles. The highest BCUT2D eigenvalue weighted by Crippen LogP contribution is 2.40. The number of hydrogen-bond donors (Lipinski definition) is 1. The van der Waals surface area contributed by atoms with Crippen LogP contribution in [-0.4, -0.2) is 14.6 Å². The van der Waals surface area contributed by atoms with Crippen molar-refractivity contribution in [1.82, 2.24) is 4.57 Å². The Morgan fingerprint density at radius 3 is 2.70 bits per heavy atom. The number of nitro groups is 1. The van der Waals surface area contributed by atoms with Gasteiger partial charge in [-0.25, -0.2) is 0 Å². The van der Waals surface area contributed by atoms with Gasteiger partial charge in [0.25, 0.3) is 5.69 Å². The van der Waals surface area contributed by atoms with Crippen LogP contribution in [0.2, 0.25) is 5.02 Å². The number of aromatic nitrogens is 1. The van der Waals surface area contributed by atoms with E-state index in [1.165, 1.54) is 16.7 Å². The second-order valence-corrected chi connectivity index (χ2v) is 5.33. The van der Waals surface area contributed by atoms with E-state index in [-0.39, 0.29) is 23.8 Å². The molecule has 0 atom stereocenters. The van der Waals surface area contributed by atoms with E-state index in [1.807, 2.05) is 0 Å². The van der Waals surface area contributed by atoms with Crippen molar-refractivity contribution < 1.29 is 10.0 Å². The highest BCUT2D eigenvalue weighted by atomic mass is 35.5. The highest BCUT2D eigenvalue weighted by molar-refractivity contribution is 6.31. The second kappa shape index (κ2) is 5.69. The number of hydrogen-bond acceptors (Lipinski definition) is 5. The molecule has 3 aromatic rings. The first-order valence-corrected chi connectivity index (χ1v) is 6.97. The summed E-state index contributed by atoms with van der Waals surface area (Å²) in [5, 5.41) is 25.0. The molecular formula is C15H10ClN3O4. The molecule has 1 heterocycles. The minimum atomic E-state index is -0.492. The van der Waals surface area contributed by atoms with Crippen LogP contribution in [0.25, 0.3) is 10.9 Å². The molecule has 7 nitrogen and oxygen atoms in total. The van der Waals surface area contributed by atoms with Gasteiger partial charge in [-0.15, -0.1) is 4.91 Å². The zero-order valence-corrected chi connectivity index (χ0v) is 12.4. The minimum absolute atomic E-state index is 0.0244. The van der Waals surface area contributed by atoms with Gasteiger partial charge in [0.2, 0.25) is 5.88 Å². The Morgan fingerprint density at radius 1 is 1.26 bits per heavy atom. The van der Waals surface area contributed by atoms with E-state index in [2.05, 4.69) is 5.18 Å². The summed E-state index contributed by atoms with van der Waals surface area (Å²) in [5.74, 6) is -0.351. The minimum Gasteiger partial charge on any atom is -0.493 e. The number of nitrogens with zero attached hydrogens (tertiary/aromatic N) is 3. The summed E-state index contributed by atoms with van der Waals surface area (Å²) in [6.45, 7) is 0.0244. The van der Waals surface area contributed by atoms with Gasteiger partial charge in [0.05, 0.1) is 17.0 Å².